The minimum absolute atomic E-state index is 0.179. The van der Waals surface area contributed by atoms with Crippen LogP contribution in [-0.4, -0.2) is 13.5 Å². The number of hydrogen-bond acceptors (Lipinski definition) is 3. The van der Waals surface area contributed by atoms with E-state index in [9.17, 15) is 13.5 Å². The summed E-state index contributed by atoms with van der Waals surface area (Å²) in [5, 5.41) is 11.2. The van der Waals surface area contributed by atoms with Crippen molar-refractivity contribution in [1.82, 2.24) is 0 Å². The Morgan fingerprint density at radius 3 is 2.19 bits per heavy atom. The minimum Gasteiger partial charge on any atom is -0.381 e. The smallest absolute Gasteiger partial charge is 0.261 e. The van der Waals surface area contributed by atoms with Crippen molar-refractivity contribution < 1.29 is 13.5 Å². The first-order valence-corrected chi connectivity index (χ1v) is 10.2. The summed E-state index contributed by atoms with van der Waals surface area (Å²) in [7, 11) is -3.76. The van der Waals surface area contributed by atoms with Crippen molar-refractivity contribution in [2.45, 2.75) is 31.3 Å². The molecule has 0 bridgehead atoms. The van der Waals surface area contributed by atoms with Gasteiger partial charge in [-0.2, -0.15) is 0 Å². The van der Waals surface area contributed by atoms with E-state index in [2.05, 4.69) is 4.72 Å². The van der Waals surface area contributed by atoms with Crippen LogP contribution >= 0.6 is 0 Å². The van der Waals surface area contributed by atoms with E-state index in [1.54, 1.807) is 55.5 Å². The summed E-state index contributed by atoms with van der Waals surface area (Å²) in [6, 6.07) is 21.1. The summed E-state index contributed by atoms with van der Waals surface area (Å²) < 4.78 is 28.2. The van der Waals surface area contributed by atoms with Crippen LogP contribution in [0.25, 0.3) is 0 Å². The molecule has 0 aromatic heterocycles. The summed E-state index contributed by atoms with van der Waals surface area (Å²) >= 11 is 0. The normalized spacial score (nSPS) is 13.8. The van der Waals surface area contributed by atoms with Crippen LogP contribution < -0.4 is 4.72 Å². The molecule has 3 aromatic rings. The molecule has 0 heterocycles. The zero-order chi connectivity index (χ0) is 19.7. The van der Waals surface area contributed by atoms with Crippen LogP contribution in [0.2, 0.25) is 0 Å². The molecule has 140 valence electrons. The Morgan fingerprint density at radius 1 is 0.852 bits per heavy atom. The fourth-order valence-electron chi connectivity index (χ4n) is 3.02. The molecule has 0 saturated heterocycles. The molecular formula is C22H23NO3S. The predicted molar refractivity (Wildman–Crippen MR) is 108 cm³/mol. The molecule has 0 aliphatic heterocycles. The van der Waals surface area contributed by atoms with Crippen LogP contribution in [0.4, 0.5) is 5.69 Å². The van der Waals surface area contributed by atoms with E-state index < -0.39 is 15.6 Å². The molecule has 1 unspecified atom stereocenters. The lowest BCUT2D eigenvalue weighted by atomic mass is 9.86. The van der Waals surface area contributed by atoms with Gasteiger partial charge in [0.05, 0.1) is 10.6 Å². The second kappa shape index (κ2) is 7.18. The molecule has 27 heavy (non-hydrogen) atoms. The van der Waals surface area contributed by atoms with E-state index in [1.165, 1.54) is 0 Å². The van der Waals surface area contributed by atoms with Gasteiger partial charge < -0.3 is 5.11 Å². The molecule has 3 aromatic carbocycles. The third-order valence-corrected chi connectivity index (χ3v) is 5.99. The van der Waals surface area contributed by atoms with Gasteiger partial charge in [-0.05, 0) is 44.5 Å². The summed E-state index contributed by atoms with van der Waals surface area (Å²) in [5.74, 6) is 0. The van der Waals surface area contributed by atoms with Crippen LogP contribution in [0.1, 0.15) is 29.2 Å². The second-order valence-electron chi connectivity index (χ2n) is 6.91. The number of nitrogens with one attached hydrogen (secondary N) is 1. The van der Waals surface area contributed by atoms with E-state index in [-0.39, 0.29) is 4.90 Å². The molecule has 0 amide bonds. The highest BCUT2D eigenvalue weighted by atomic mass is 32.2. The number of hydrogen-bond donors (Lipinski definition) is 2. The van der Waals surface area contributed by atoms with Gasteiger partial charge in [0.2, 0.25) is 0 Å². The van der Waals surface area contributed by atoms with Gasteiger partial charge in [-0.3, -0.25) is 4.72 Å². The average molecular weight is 381 g/mol. The number of anilines is 1. The molecule has 3 rings (SSSR count). The summed E-state index contributed by atoms with van der Waals surface area (Å²) in [5.41, 5.74) is 2.20. The highest BCUT2D eigenvalue weighted by Crippen LogP contribution is 2.35. The number of aryl methyl sites for hydroxylation is 2. The van der Waals surface area contributed by atoms with Gasteiger partial charge in [-0.25, -0.2) is 8.42 Å². The van der Waals surface area contributed by atoms with E-state index in [1.807, 2.05) is 38.1 Å². The number of rotatable bonds is 5. The molecule has 4 nitrogen and oxygen atoms in total. The van der Waals surface area contributed by atoms with Gasteiger partial charge in [-0.1, -0.05) is 65.7 Å². The summed E-state index contributed by atoms with van der Waals surface area (Å²) in [6.45, 7) is 5.52. The Morgan fingerprint density at radius 2 is 1.52 bits per heavy atom. The Balaban J connectivity index is 2.03. The predicted octanol–water partition coefficient (Wildman–Crippen LogP) is 4.36. The number of para-hydroxylation sites is 1. The lowest BCUT2D eigenvalue weighted by Gasteiger charge is -2.27. The van der Waals surface area contributed by atoms with Crippen molar-refractivity contribution in [3.8, 4) is 0 Å². The highest BCUT2D eigenvalue weighted by Gasteiger charge is 2.29. The van der Waals surface area contributed by atoms with Gasteiger partial charge in [-0.15, -0.1) is 0 Å². The van der Waals surface area contributed by atoms with Gasteiger partial charge in [0.1, 0.15) is 5.60 Å². The minimum atomic E-state index is -3.76. The maximum Gasteiger partial charge on any atom is 0.261 e. The van der Waals surface area contributed by atoms with Crippen molar-refractivity contribution in [3.05, 3.63) is 95.1 Å². The molecule has 0 aliphatic rings. The van der Waals surface area contributed by atoms with Crippen molar-refractivity contribution >= 4 is 15.7 Å². The van der Waals surface area contributed by atoms with E-state index in [0.29, 0.717) is 16.8 Å². The van der Waals surface area contributed by atoms with Gasteiger partial charge >= 0.3 is 0 Å². The molecule has 0 saturated carbocycles. The topological polar surface area (TPSA) is 66.4 Å². The van der Waals surface area contributed by atoms with E-state index in [4.69, 9.17) is 0 Å². The monoisotopic (exact) mass is 381 g/mol. The molecule has 1 atom stereocenters. The lowest BCUT2D eigenvalue weighted by molar-refractivity contribution is 0.103. The average Bonchev–Trinajstić information content (AvgIpc) is 2.62. The number of benzene rings is 3. The zero-order valence-corrected chi connectivity index (χ0v) is 16.4. The fraction of sp³-hybridized carbons (Fsp3) is 0.182. The maximum absolute atomic E-state index is 12.8. The maximum atomic E-state index is 12.8. The number of sulfonamides is 1. The summed E-state index contributed by atoms with van der Waals surface area (Å²) in [4.78, 5) is 0.179. The number of aliphatic hydroxyl groups is 1. The quantitative estimate of drug-likeness (QED) is 0.690. The Kier molecular flexibility index (Phi) is 5.09. The Hall–Kier alpha value is -2.63. The van der Waals surface area contributed by atoms with Crippen LogP contribution in [-0.2, 0) is 15.6 Å². The molecule has 0 radical (unpaired) electrons. The third-order valence-electron chi connectivity index (χ3n) is 4.61. The molecule has 0 fully saturated rings. The van der Waals surface area contributed by atoms with Crippen LogP contribution in [0.15, 0.2) is 77.7 Å². The van der Waals surface area contributed by atoms with Crippen molar-refractivity contribution in [2.75, 3.05) is 4.72 Å². The molecule has 0 spiro atoms. The first-order chi connectivity index (χ1) is 12.7. The van der Waals surface area contributed by atoms with E-state index >= 15 is 0 Å². The first kappa shape index (κ1) is 19.1. The van der Waals surface area contributed by atoms with Crippen LogP contribution in [0.5, 0.6) is 0 Å². The second-order valence-corrected chi connectivity index (χ2v) is 8.59. The zero-order valence-electron chi connectivity index (χ0n) is 15.6. The van der Waals surface area contributed by atoms with Crippen LogP contribution in [0.3, 0.4) is 0 Å². The molecule has 5 heteroatoms. The molecule has 0 aliphatic carbocycles. The lowest BCUT2D eigenvalue weighted by Crippen LogP contribution is -2.25. The SMILES string of the molecule is Cc1ccc(S(=O)(=O)Nc2ccccc2C(C)(O)c2cccc(C)c2)cc1. The van der Waals surface area contributed by atoms with Crippen molar-refractivity contribution in [1.29, 1.82) is 0 Å². The van der Waals surface area contributed by atoms with E-state index in [0.717, 1.165) is 11.1 Å². The third kappa shape index (κ3) is 4.04. The summed E-state index contributed by atoms with van der Waals surface area (Å²) in [6.07, 6.45) is 0. The molecular weight excluding hydrogens is 358 g/mol. The van der Waals surface area contributed by atoms with Gasteiger partial charge in [0.15, 0.2) is 0 Å². The fourth-order valence-corrected chi connectivity index (χ4v) is 4.10. The Bertz CT molecular complexity index is 1050. The van der Waals surface area contributed by atoms with Crippen LogP contribution in [0, 0.1) is 13.8 Å². The largest absolute Gasteiger partial charge is 0.381 e. The molecule has 2 N–H and O–H groups in total. The highest BCUT2D eigenvalue weighted by molar-refractivity contribution is 7.92. The van der Waals surface area contributed by atoms with Gasteiger partial charge in [0, 0.05) is 5.56 Å². The Labute approximate surface area is 160 Å². The van der Waals surface area contributed by atoms with Crippen molar-refractivity contribution in [2.24, 2.45) is 0 Å². The first-order valence-electron chi connectivity index (χ1n) is 8.69. The van der Waals surface area contributed by atoms with Gasteiger partial charge in [0.25, 0.3) is 10.0 Å². The standard InChI is InChI=1S/C22H23NO3S/c1-16-11-13-19(14-12-16)27(25,26)23-21-10-5-4-9-20(21)22(3,24)18-8-6-7-17(2)15-18/h4-15,23-24H,1-3H3. The van der Waals surface area contributed by atoms with Crippen molar-refractivity contribution in [3.63, 3.8) is 0 Å².